The van der Waals surface area contributed by atoms with E-state index >= 15 is 0 Å². The number of H-pyrrole nitrogens is 1. The number of aromatic amines is 1. The lowest BCUT2D eigenvalue weighted by Gasteiger charge is -1.92. The van der Waals surface area contributed by atoms with Crippen molar-refractivity contribution in [1.82, 2.24) is 4.98 Å². The number of hydrogen-bond donors (Lipinski definition) is 1. The first kappa shape index (κ1) is 10.9. The van der Waals surface area contributed by atoms with Crippen LogP contribution in [0.15, 0.2) is 30.5 Å². The summed E-state index contributed by atoms with van der Waals surface area (Å²) in [6, 6.07) is 4.47. The number of alkyl halides is 1. The topological polar surface area (TPSA) is 32.9 Å². The van der Waals surface area contributed by atoms with E-state index in [0.717, 1.165) is 16.5 Å². The van der Waals surface area contributed by atoms with Crippen molar-refractivity contribution in [1.29, 1.82) is 0 Å². The monoisotopic (exact) mass is 237 g/mol. The molecule has 1 heterocycles. The smallest absolute Gasteiger partial charge is 0.170 e. The van der Waals surface area contributed by atoms with Crippen molar-refractivity contribution in [3.05, 3.63) is 41.9 Å². The minimum atomic E-state index is -0.301. The van der Waals surface area contributed by atoms with E-state index in [9.17, 15) is 9.18 Å². The predicted molar refractivity (Wildman–Crippen MR) is 63.0 cm³/mol. The van der Waals surface area contributed by atoms with E-state index in [0.29, 0.717) is 0 Å². The third-order valence-corrected chi connectivity index (χ3v) is 2.52. The number of aromatic nitrogens is 1. The third kappa shape index (κ3) is 2.14. The van der Waals surface area contributed by atoms with Crippen LogP contribution >= 0.6 is 11.6 Å². The molecule has 2 aromatic rings. The Hall–Kier alpha value is -1.61. The van der Waals surface area contributed by atoms with Gasteiger partial charge in [-0.3, -0.25) is 4.79 Å². The molecular weight excluding hydrogens is 229 g/mol. The molecule has 2 nitrogen and oxygen atoms in total. The average Bonchev–Trinajstić information content (AvgIpc) is 2.68. The molecule has 0 fully saturated rings. The number of carbonyl (C=O) groups excluding carboxylic acids is 1. The van der Waals surface area contributed by atoms with Gasteiger partial charge in [-0.1, -0.05) is 0 Å². The van der Waals surface area contributed by atoms with Gasteiger partial charge in [-0.2, -0.15) is 0 Å². The zero-order chi connectivity index (χ0) is 11.5. The van der Waals surface area contributed by atoms with Crippen LogP contribution in [0, 0.1) is 5.82 Å². The fraction of sp³-hybridized carbons (Fsp3) is 0.0833. The lowest BCUT2D eigenvalue weighted by atomic mass is 10.1. The molecule has 1 N–H and O–H groups in total. The van der Waals surface area contributed by atoms with E-state index in [1.807, 2.05) is 0 Å². The standard InChI is InChI=1S/C12H9ClFNO/c13-6-10(16)3-1-8-7-15-12-4-2-9(14)5-11(8)12/h1-5,7,15H,6H2. The number of fused-ring (bicyclic) bond motifs is 1. The first-order valence-electron chi connectivity index (χ1n) is 4.74. The highest BCUT2D eigenvalue weighted by molar-refractivity contribution is 6.29. The Morgan fingerprint density at radius 3 is 3.06 bits per heavy atom. The summed E-state index contributed by atoms with van der Waals surface area (Å²) in [5.41, 5.74) is 1.60. The molecule has 0 aliphatic heterocycles. The minimum Gasteiger partial charge on any atom is -0.361 e. The summed E-state index contributed by atoms with van der Waals surface area (Å²) in [6.45, 7) is 0. The maximum atomic E-state index is 13.0. The van der Waals surface area contributed by atoms with Crippen LogP contribution < -0.4 is 0 Å². The van der Waals surface area contributed by atoms with E-state index in [4.69, 9.17) is 11.6 Å². The molecule has 16 heavy (non-hydrogen) atoms. The molecule has 0 atom stereocenters. The lowest BCUT2D eigenvalue weighted by Crippen LogP contribution is -1.91. The molecular formula is C12H9ClFNO. The first-order chi connectivity index (χ1) is 7.70. The number of rotatable bonds is 3. The van der Waals surface area contributed by atoms with Gasteiger partial charge < -0.3 is 4.98 Å². The molecule has 0 saturated carbocycles. The van der Waals surface area contributed by atoms with Crippen LogP contribution in [0.5, 0.6) is 0 Å². The Labute approximate surface area is 96.7 Å². The van der Waals surface area contributed by atoms with Crippen molar-refractivity contribution in [2.75, 3.05) is 5.88 Å². The number of allylic oxidation sites excluding steroid dienone is 1. The summed E-state index contributed by atoms with van der Waals surface area (Å²) in [4.78, 5) is 14.0. The molecule has 0 aliphatic rings. The van der Waals surface area contributed by atoms with Crippen LogP contribution in [-0.4, -0.2) is 16.6 Å². The number of hydrogen-bond acceptors (Lipinski definition) is 1. The maximum Gasteiger partial charge on any atom is 0.170 e. The molecule has 0 aliphatic carbocycles. The summed E-state index contributed by atoms with van der Waals surface area (Å²) >= 11 is 5.37. The molecule has 4 heteroatoms. The van der Waals surface area contributed by atoms with Gasteiger partial charge >= 0.3 is 0 Å². The van der Waals surface area contributed by atoms with Crippen molar-refractivity contribution in [3.63, 3.8) is 0 Å². The molecule has 0 unspecified atom stereocenters. The molecule has 1 aromatic carbocycles. The highest BCUT2D eigenvalue weighted by Crippen LogP contribution is 2.20. The van der Waals surface area contributed by atoms with Gasteiger partial charge in [0.25, 0.3) is 0 Å². The van der Waals surface area contributed by atoms with E-state index in [1.54, 1.807) is 18.3 Å². The normalized spacial score (nSPS) is 11.4. The molecule has 1 aromatic heterocycles. The minimum absolute atomic E-state index is 0.0484. The quantitative estimate of drug-likeness (QED) is 0.646. The van der Waals surface area contributed by atoms with Gasteiger partial charge in [0.05, 0.1) is 5.88 Å². The largest absolute Gasteiger partial charge is 0.361 e. The first-order valence-corrected chi connectivity index (χ1v) is 5.27. The summed E-state index contributed by atoms with van der Waals surface area (Å²) in [5, 5.41) is 0.749. The molecule has 0 saturated heterocycles. The zero-order valence-electron chi connectivity index (χ0n) is 8.34. The van der Waals surface area contributed by atoms with Crippen molar-refractivity contribution < 1.29 is 9.18 Å². The Balaban J connectivity index is 2.41. The maximum absolute atomic E-state index is 13.0. The van der Waals surface area contributed by atoms with Gasteiger partial charge in [-0.25, -0.2) is 4.39 Å². The lowest BCUT2D eigenvalue weighted by molar-refractivity contribution is -0.112. The van der Waals surface area contributed by atoms with Crippen molar-refractivity contribution in [2.24, 2.45) is 0 Å². The molecule has 0 bridgehead atoms. The Kier molecular flexibility index (Phi) is 3.06. The molecule has 0 spiro atoms. The average molecular weight is 238 g/mol. The van der Waals surface area contributed by atoms with Gasteiger partial charge in [-0.05, 0) is 35.9 Å². The van der Waals surface area contributed by atoms with E-state index in [1.165, 1.54) is 18.2 Å². The van der Waals surface area contributed by atoms with E-state index in [2.05, 4.69) is 4.98 Å². The summed E-state index contributed by atoms with van der Waals surface area (Å²) in [7, 11) is 0. The third-order valence-electron chi connectivity index (χ3n) is 2.26. The molecule has 0 amide bonds. The molecule has 0 radical (unpaired) electrons. The highest BCUT2D eigenvalue weighted by Gasteiger charge is 2.02. The van der Waals surface area contributed by atoms with Gasteiger partial charge in [-0.15, -0.1) is 11.6 Å². The second-order valence-electron chi connectivity index (χ2n) is 3.37. The Morgan fingerprint density at radius 2 is 2.31 bits per heavy atom. The summed E-state index contributed by atoms with van der Waals surface area (Å²) in [5.74, 6) is -0.523. The van der Waals surface area contributed by atoms with Gasteiger partial charge in [0, 0.05) is 17.1 Å². The molecule has 82 valence electrons. The zero-order valence-corrected chi connectivity index (χ0v) is 9.09. The second-order valence-corrected chi connectivity index (χ2v) is 3.63. The Morgan fingerprint density at radius 1 is 1.50 bits per heavy atom. The Bertz CT molecular complexity index is 559. The second kappa shape index (κ2) is 4.49. The number of benzene rings is 1. The fourth-order valence-electron chi connectivity index (χ4n) is 1.48. The number of carbonyl (C=O) groups is 1. The van der Waals surface area contributed by atoms with Crippen LogP contribution in [0.3, 0.4) is 0 Å². The van der Waals surface area contributed by atoms with Crippen LogP contribution in [-0.2, 0) is 4.79 Å². The summed E-state index contributed by atoms with van der Waals surface area (Å²) < 4.78 is 13.0. The molecule has 2 rings (SSSR count). The summed E-state index contributed by atoms with van der Waals surface area (Å²) in [6.07, 6.45) is 4.74. The van der Waals surface area contributed by atoms with Crippen molar-refractivity contribution in [2.45, 2.75) is 0 Å². The van der Waals surface area contributed by atoms with E-state index in [-0.39, 0.29) is 17.5 Å². The predicted octanol–water partition coefficient (Wildman–Crippen LogP) is 3.13. The number of nitrogens with one attached hydrogen (secondary N) is 1. The van der Waals surface area contributed by atoms with Crippen LogP contribution in [0.4, 0.5) is 4.39 Å². The van der Waals surface area contributed by atoms with Crippen LogP contribution in [0.1, 0.15) is 5.56 Å². The van der Waals surface area contributed by atoms with Gasteiger partial charge in [0.15, 0.2) is 5.78 Å². The van der Waals surface area contributed by atoms with Crippen LogP contribution in [0.2, 0.25) is 0 Å². The van der Waals surface area contributed by atoms with Crippen molar-refractivity contribution >= 4 is 34.4 Å². The SMILES string of the molecule is O=C(C=Cc1c[nH]c2ccc(F)cc12)CCl. The van der Waals surface area contributed by atoms with E-state index < -0.39 is 0 Å². The number of halogens is 2. The van der Waals surface area contributed by atoms with Crippen LogP contribution in [0.25, 0.3) is 17.0 Å². The van der Waals surface area contributed by atoms with Gasteiger partial charge in [0.1, 0.15) is 5.82 Å². The van der Waals surface area contributed by atoms with Gasteiger partial charge in [0.2, 0.25) is 0 Å². The highest BCUT2D eigenvalue weighted by atomic mass is 35.5. The fourth-order valence-corrected chi connectivity index (χ4v) is 1.57. The van der Waals surface area contributed by atoms with Crippen molar-refractivity contribution in [3.8, 4) is 0 Å². The number of ketones is 1.